The molecule has 1 fully saturated rings. The number of aryl methyl sites for hydroxylation is 1. The molecule has 2 aromatic rings. The Morgan fingerprint density at radius 2 is 1.62 bits per heavy atom. The Hall–Kier alpha value is -2.87. The molecule has 1 N–H and O–H groups in total. The fourth-order valence-corrected chi connectivity index (χ4v) is 4.76. The van der Waals surface area contributed by atoms with Crippen molar-refractivity contribution in [2.45, 2.75) is 50.5 Å². The van der Waals surface area contributed by atoms with Crippen LogP contribution >= 0.6 is 0 Å². The molecular formula is C24H30N2O5S. The van der Waals surface area contributed by atoms with Gasteiger partial charge < -0.3 is 15.0 Å². The Morgan fingerprint density at radius 3 is 2.25 bits per heavy atom. The number of nitrogens with zero attached hydrogens (tertiary/aromatic N) is 1. The van der Waals surface area contributed by atoms with Crippen LogP contribution in [-0.4, -0.2) is 45.2 Å². The first kappa shape index (κ1) is 23.8. The molecule has 0 spiro atoms. The van der Waals surface area contributed by atoms with Crippen molar-refractivity contribution in [1.29, 1.82) is 0 Å². The smallest absolute Gasteiger partial charge is 0.307 e. The molecule has 1 aliphatic rings. The molecule has 1 aliphatic heterocycles. The number of rotatable bonds is 8. The highest BCUT2D eigenvalue weighted by Gasteiger charge is 2.21. The molecule has 3 rings (SSSR count). The Labute approximate surface area is 189 Å². The van der Waals surface area contributed by atoms with Gasteiger partial charge in [0.2, 0.25) is 0 Å². The van der Waals surface area contributed by atoms with Crippen molar-refractivity contribution in [3.8, 4) is 0 Å². The third kappa shape index (κ3) is 6.56. The lowest BCUT2D eigenvalue weighted by molar-refractivity contribution is -0.152. The maximum absolute atomic E-state index is 12.4. The van der Waals surface area contributed by atoms with Crippen molar-refractivity contribution >= 4 is 33.1 Å². The minimum absolute atomic E-state index is 0.162. The molecule has 8 heteroatoms. The Bertz CT molecular complexity index is 1030. The third-order valence-electron chi connectivity index (χ3n) is 5.49. The third-order valence-corrected chi connectivity index (χ3v) is 7.22. The Morgan fingerprint density at radius 1 is 1.00 bits per heavy atom. The SMILES string of the molecule is Cc1ccc(S(=O)(=O)CCC(=O)O[C@H](C)C(=O)Nc2ccc(N3CCCCC3)cc2)cc1. The van der Waals surface area contributed by atoms with Gasteiger partial charge in [0, 0.05) is 24.5 Å². The van der Waals surface area contributed by atoms with Crippen molar-refractivity contribution in [3.63, 3.8) is 0 Å². The van der Waals surface area contributed by atoms with Crippen LogP contribution < -0.4 is 10.2 Å². The Balaban J connectivity index is 1.47. The predicted octanol–water partition coefficient (Wildman–Crippen LogP) is 3.72. The lowest BCUT2D eigenvalue weighted by Crippen LogP contribution is -2.31. The van der Waals surface area contributed by atoms with Crippen LogP contribution in [0, 0.1) is 6.92 Å². The molecule has 0 aromatic heterocycles. The van der Waals surface area contributed by atoms with Gasteiger partial charge in [-0.15, -0.1) is 0 Å². The van der Waals surface area contributed by atoms with E-state index in [0.717, 1.165) is 24.3 Å². The number of esters is 1. The van der Waals surface area contributed by atoms with E-state index in [1.807, 2.05) is 31.2 Å². The summed E-state index contributed by atoms with van der Waals surface area (Å²) >= 11 is 0. The molecule has 32 heavy (non-hydrogen) atoms. The molecule has 0 saturated carbocycles. The molecule has 0 aliphatic carbocycles. The van der Waals surface area contributed by atoms with Crippen molar-refractivity contribution in [2.75, 3.05) is 29.1 Å². The topological polar surface area (TPSA) is 92.8 Å². The minimum atomic E-state index is -3.60. The number of hydrogen-bond acceptors (Lipinski definition) is 6. The van der Waals surface area contributed by atoms with Crippen LogP contribution in [-0.2, 0) is 24.2 Å². The molecule has 2 aromatic carbocycles. The molecular weight excluding hydrogens is 428 g/mol. The van der Waals surface area contributed by atoms with Crippen molar-refractivity contribution in [2.24, 2.45) is 0 Å². The van der Waals surface area contributed by atoms with Gasteiger partial charge in [-0.1, -0.05) is 17.7 Å². The molecule has 7 nitrogen and oxygen atoms in total. The van der Waals surface area contributed by atoms with Gasteiger partial charge in [0.15, 0.2) is 15.9 Å². The number of ether oxygens (including phenoxy) is 1. The molecule has 1 heterocycles. The molecule has 1 atom stereocenters. The van der Waals surface area contributed by atoms with Gasteiger partial charge in [0.05, 0.1) is 17.1 Å². The largest absolute Gasteiger partial charge is 0.453 e. The van der Waals surface area contributed by atoms with E-state index in [1.165, 1.54) is 38.3 Å². The normalized spacial score (nSPS) is 15.1. The van der Waals surface area contributed by atoms with Crippen molar-refractivity contribution in [3.05, 3.63) is 54.1 Å². The van der Waals surface area contributed by atoms with Crippen LogP contribution in [0.3, 0.4) is 0 Å². The van der Waals surface area contributed by atoms with E-state index < -0.39 is 27.8 Å². The van der Waals surface area contributed by atoms with Gasteiger partial charge in [-0.25, -0.2) is 8.42 Å². The van der Waals surface area contributed by atoms with E-state index in [9.17, 15) is 18.0 Å². The number of carbonyl (C=O) groups is 2. The fourth-order valence-electron chi connectivity index (χ4n) is 3.54. The van der Waals surface area contributed by atoms with Gasteiger partial charge in [0.1, 0.15) is 0 Å². The standard InChI is InChI=1S/C24H30N2O5S/c1-18-6-12-22(13-7-18)32(29,30)17-14-23(27)31-19(2)24(28)25-20-8-10-21(11-9-20)26-15-4-3-5-16-26/h6-13,19H,3-5,14-17H2,1-2H3,(H,25,28)/t19-/m1/s1. The first-order valence-electron chi connectivity index (χ1n) is 10.9. The van der Waals surface area contributed by atoms with Crippen LogP contribution in [0.15, 0.2) is 53.4 Å². The van der Waals surface area contributed by atoms with Gasteiger partial charge in [-0.2, -0.15) is 0 Å². The monoisotopic (exact) mass is 458 g/mol. The second-order valence-electron chi connectivity index (χ2n) is 8.10. The van der Waals surface area contributed by atoms with Crippen LogP contribution in [0.1, 0.15) is 38.2 Å². The zero-order valence-electron chi connectivity index (χ0n) is 18.5. The summed E-state index contributed by atoms with van der Waals surface area (Å²) in [7, 11) is -3.60. The summed E-state index contributed by atoms with van der Waals surface area (Å²) in [5, 5.41) is 2.73. The van der Waals surface area contributed by atoms with E-state index in [1.54, 1.807) is 12.1 Å². The lowest BCUT2D eigenvalue weighted by Gasteiger charge is -2.28. The number of benzene rings is 2. The highest BCUT2D eigenvalue weighted by Crippen LogP contribution is 2.22. The highest BCUT2D eigenvalue weighted by atomic mass is 32.2. The van der Waals surface area contributed by atoms with E-state index in [0.29, 0.717) is 5.69 Å². The number of nitrogens with one attached hydrogen (secondary N) is 1. The summed E-state index contributed by atoms with van der Waals surface area (Å²) in [5.74, 6) is -1.57. The highest BCUT2D eigenvalue weighted by molar-refractivity contribution is 7.91. The summed E-state index contributed by atoms with van der Waals surface area (Å²) in [6, 6.07) is 14.0. The quantitative estimate of drug-likeness (QED) is 0.606. The van der Waals surface area contributed by atoms with Gasteiger partial charge in [0.25, 0.3) is 5.91 Å². The first-order valence-corrected chi connectivity index (χ1v) is 12.5. The van der Waals surface area contributed by atoms with Crippen molar-refractivity contribution in [1.82, 2.24) is 0 Å². The van der Waals surface area contributed by atoms with Crippen LogP contribution in [0.4, 0.5) is 11.4 Å². The second-order valence-corrected chi connectivity index (χ2v) is 10.2. The molecule has 0 radical (unpaired) electrons. The fraction of sp³-hybridized carbons (Fsp3) is 0.417. The predicted molar refractivity (Wildman–Crippen MR) is 125 cm³/mol. The summed E-state index contributed by atoms with van der Waals surface area (Å²) in [6.45, 7) is 5.41. The number of carbonyl (C=O) groups excluding carboxylic acids is 2. The van der Waals surface area contributed by atoms with Crippen LogP contribution in [0.25, 0.3) is 0 Å². The van der Waals surface area contributed by atoms with Gasteiger partial charge in [-0.3, -0.25) is 9.59 Å². The molecule has 0 bridgehead atoms. The van der Waals surface area contributed by atoms with Crippen LogP contribution in [0.2, 0.25) is 0 Å². The number of sulfone groups is 1. The Kier molecular flexibility index (Phi) is 7.90. The van der Waals surface area contributed by atoms with E-state index in [4.69, 9.17) is 4.74 Å². The molecule has 1 amide bonds. The second kappa shape index (κ2) is 10.6. The van der Waals surface area contributed by atoms with Gasteiger partial charge >= 0.3 is 5.97 Å². The summed E-state index contributed by atoms with van der Waals surface area (Å²) < 4.78 is 29.9. The number of amides is 1. The average Bonchev–Trinajstić information content (AvgIpc) is 2.79. The van der Waals surface area contributed by atoms with Gasteiger partial charge in [-0.05, 0) is 69.5 Å². The van der Waals surface area contributed by atoms with Crippen LogP contribution in [0.5, 0.6) is 0 Å². The average molecular weight is 459 g/mol. The molecule has 172 valence electrons. The van der Waals surface area contributed by atoms with E-state index in [-0.39, 0.29) is 17.1 Å². The maximum Gasteiger partial charge on any atom is 0.307 e. The maximum atomic E-state index is 12.4. The lowest BCUT2D eigenvalue weighted by atomic mass is 10.1. The van der Waals surface area contributed by atoms with E-state index >= 15 is 0 Å². The minimum Gasteiger partial charge on any atom is -0.453 e. The zero-order valence-corrected chi connectivity index (χ0v) is 19.4. The zero-order chi connectivity index (χ0) is 23.1. The summed E-state index contributed by atoms with van der Waals surface area (Å²) in [4.78, 5) is 26.9. The first-order chi connectivity index (χ1) is 15.2. The summed E-state index contributed by atoms with van der Waals surface area (Å²) in [5.41, 5.74) is 2.68. The molecule has 0 unspecified atom stereocenters. The summed E-state index contributed by atoms with van der Waals surface area (Å²) in [6.07, 6.45) is 2.28. The van der Waals surface area contributed by atoms with Crippen molar-refractivity contribution < 1.29 is 22.7 Å². The number of hydrogen-bond donors (Lipinski definition) is 1. The molecule has 1 saturated heterocycles. The number of anilines is 2. The number of piperidine rings is 1. The van der Waals surface area contributed by atoms with E-state index in [2.05, 4.69) is 10.2 Å².